The third kappa shape index (κ3) is 3.80. The molecule has 1 heterocycles. The van der Waals surface area contributed by atoms with Gasteiger partial charge in [-0.2, -0.15) is 4.68 Å². The molecule has 7 heteroatoms. The molecular formula is C19H19ClFN3O2. The Labute approximate surface area is 155 Å². The highest BCUT2D eigenvalue weighted by molar-refractivity contribution is 6.30. The normalized spacial score (nSPS) is 11.7. The molecule has 0 amide bonds. The third-order valence-electron chi connectivity index (χ3n) is 3.75. The summed E-state index contributed by atoms with van der Waals surface area (Å²) in [5.41, 5.74) is 7.08. The first kappa shape index (κ1) is 18.2. The minimum atomic E-state index is -0.659. The predicted octanol–water partition coefficient (Wildman–Crippen LogP) is 4.79. The molecule has 0 atom stereocenters. The SMILES string of the molecule is CC(C)(C)OC(=O)n1nc(N)c2ccc(Cc3ccc(Cl)cc3F)cc21. The molecule has 0 aliphatic rings. The summed E-state index contributed by atoms with van der Waals surface area (Å²) >= 11 is 5.79. The van der Waals surface area contributed by atoms with Gasteiger partial charge in [-0.05, 0) is 56.2 Å². The number of rotatable bonds is 2. The minimum Gasteiger partial charge on any atom is -0.442 e. The van der Waals surface area contributed by atoms with E-state index in [-0.39, 0.29) is 11.6 Å². The first-order valence-corrected chi connectivity index (χ1v) is 8.46. The number of anilines is 1. The number of benzene rings is 2. The number of nitrogens with two attached hydrogens (primary N) is 1. The van der Waals surface area contributed by atoms with Crippen LogP contribution in [0, 0.1) is 5.82 Å². The monoisotopic (exact) mass is 375 g/mol. The van der Waals surface area contributed by atoms with Crippen LogP contribution in [0.15, 0.2) is 36.4 Å². The molecule has 0 unspecified atom stereocenters. The highest BCUT2D eigenvalue weighted by Gasteiger charge is 2.21. The van der Waals surface area contributed by atoms with Gasteiger partial charge in [0.1, 0.15) is 11.4 Å². The van der Waals surface area contributed by atoms with Crippen molar-refractivity contribution in [2.75, 3.05) is 5.73 Å². The number of hydrogen-bond donors (Lipinski definition) is 1. The van der Waals surface area contributed by atoms with Crippen molar-refractivity contribution in [2.24, 2.45) is 0 Å². The molecule has 3 rings (SSSR count). The van der Waals surface area contributed by atoms with Crippen molar-refractivity contribution in [1.29, 1.82) is 0 Å². The van der Waals surface area contributed by atoms with Crippen LogP contribution in [0.1, 0.15) is 31.9 Å². The fourth-order valence-corrected chi connectivity index (χ4v) is 2.78. The van der Waals surface area contributed by atoms with E-state index in [1.54, 1.807) is 45.0 Å². The van der Waals surface area contributed by atoms with Gasteiger partial charge in [0.05, 0.1) is 5.52 Å². The van der Waals surface area contributed by atoms with E-state index in [1.165, 1.54) is 6.07 Å². The number of hydrogen-bond acceptors (Lipinski definition) is 4. The van der Waals surface area contributed by atoms with E-state index >= 15 is 0 Å². The third-order valence-corrected chi connectivity index (χ3v) is 3.99. The molecule has 136 valence electrons. The molecular weight excluding hydrogens is 357 g/mol. The molecule has 1 aromatic heterocycles. The van der Waals surface area contributed by atoms with Crippen LogP contribution in [-0.2, 0) is 11.2 Å². The van der Waals surface area contributed by atoms with Crippen molar-refractivity contribution in [3.8, 4) is 0 Å². The van der Waals surface area contributed by atoms with Gasteiger partial charge in [-0.3, -0.25) is 0 Å². The van der Waals surface area contributed by atoms with Crippen molar-refractivity contribution in [3.05, 3.63) is 58.4 Å². The van der Waals surface area contributed by atoms with Crippen molar-refractivity contribution in [2.45, 2.75) is 32.8 Å². The second kappa shape index (κ2) is 6.61. The molecule has 2 aromatic carbocycles. The van der Waals surface area contributed by atoms with E-state index in [2.05, 4.69) is 5.10 Å². The maximum Gasteiger partial charge on any atom is 0.435 e. The standard InChI is InChI=1S/C19H19ClFN3O2/c1-19(2,3)26-18(25)24-16-9-11(4-7-14(16)17(22)23-24)8-12-5-6-13(20)10-15(12)21/h4-7,9-10H,8H2,1-3H3,(H2,22,23). The zero-order chi connectivity index (χ0) is 19.1. The largest absolute Gasteiger partial charge is 0.442 e. The molecule has 3 aromatic rings. The smallest absolute Gasteiger partial charge is 0.435 e. The maximum absolute atomic E-state index is 14.1. The highest BCUT2D eigenvalue weighted by Crippen LogP contribution is 2.25. The lowest BCUT2D eigenvalue weighted by Crippen LogP contribution is -2.27. The number of nitrogen functional groups attached to an aromatic ring is 1. The number of nitrogens with zero attached hydrogens (tertiary/aromatic N) is 2. The topological polar surface area (TPSA) is 70.1 Å². The van der Waals surface area contributed by atoms with Gasteiger partial charge in [-0.15, -0.1) is 5.10 Å². The lowest BCUT2D eigenvalue weighted by molar-refractivity contribution is 0.0523. The number of aromatic nitrogens is 2. The Hall–Kier alpha value is -2.60. The van der Waals surface area contributed by atoms with Crippen molar-refractivity contribution < 1.29 is 13.9 Å². The molecule has 0 radical (unpaired) electrons. The van der Waals surface area contributed by atoms with E-state index in [1.807, 2.05) is 6.07 Å². The second-order valence-corrected chi connectivity index (χ2v) is 7.48. The average molecular weight is 376 g/mol. The van der Waals surface area contributed by atoms with Crippen LogP contribution in [0.4, 0.5) is 15.0 Å². The number of halogens is 2. The summed E-state index contributed by atoms with van der Waals surface area (Å²) in [6, 6.07) is 9.91. The number of ether oxygens (including phenoxy) is 1. The summed E-state index contributed by atoms with van der Waals surface area (Å²) in [5, 5.41) is 5.06. The average Bonchev–Trinajstić information content (AvgIpc) is 2.85. The molecule has 0 aliphatic carbocycles. The zero-order valence-corrected chi connectivity index (χ0v) is 15.5. The van der Waals surface area contributed by atoms with E-state index in [9.17, 15) is 9.18 Å². The van der Waals surface area contributed by atoms with Gasteiger partial charge >= 0.3 is 6.09 Å². The molecule has 0 fully saturated rings. The number of carbonyl (C=O) groups excluding carboxylic acids is 1. The second-order valence-electron chi connectivity index (χ2n) is 7.04. The van der Waals surface area contributed by atoms with Gasteiger partial charge in [0.25, 0.3) is 0 Å². The van der Waals surface area contributed by atoms with Crippen LogP contribution < -0.4 is 5.73 Å². The van der Waals surface area contributed by atoms with Crippen LogP contribution in [-0.4, -0.2) is 21.5 Å². The van der Waals surface area contributed by atoms with E-state index < -0.39 is 11.7 Å². The van der Waals surface area contributed by atoms with Gasteiger partial charge in [-0.1, -0.05) is 23.7 Å². The molecule has 0 saturated heterocycles. The number of fused-ring (bicyclic) bond motifs is 1. The summed E-state index contributed by atoms with van der Waals surface area (Å²) in [5.74, 6) is -0.146. The van der Waals surface area contributed by atoms with Gasteiger partial charge in [0.2, 0.25) is 0 Å². The van der Waals surface area contributed by atoms with Gasteiger partial charge < -0.3 is 10.5 Å². The Kier molecular flexibility index (Phi) is 4.63. The first-order valence-electron chi connectivity index (χ1n) is 8.08. The quantitative estimate of drug-likeness (QED) is 0.699. The summed E-state index contributed by atoms with van der Waals surface area (Å²) in [6.45, 7) is 5.32. The maximum atomic E-state index is 14.1. The number of carbonyl (C=O) groups is 1. The Morgan fingerprint density at radius 3 is 2.65 bits per heavy atom. The van der Waals surface area contributed by atoms with Gasteiger partial charge in [0, 0.05) is 16.8 Å². The van der Waals surface area contributed by atoms with Crippen LogP contribution in [0.25, 0.3) is 10.9 Å². The van der Waals surface area contributed by atoms with Crippen LogP contribution in [0.5, 0.6) is 0 Å². The Morgan fingerprint density at radius 2 is 2.00 bits per heavy atom. The molecule has 2 N–H and O–H groups in total. The fourth-order valence-electron chi connectivity index (χ4n) is 2.62. The van der Waals surface area contributed by atoms with E-state index in [0.29, 0.717) is 27.9 Å². The van der Waals surface area contributed by atoms with Crippen molar-refractivity contribution in [3.63, 3.8) is 0 Å². The van der Waals surface area contributed by atoms with Gasteiger partial charge in [0.15, 0.2) is 5.82 Å². The fraction of sp³-hybridized carbons (Fsp3) is 0.263. The lowest BCUT2D eigenvalue weighted by atomic mass is 10.0. The Morgan fingerprint density at radius 1 is 1.27 bits per heavy atom. The summed E-state index contributed by atoms with van der Waals surface area (Å²) in [6.07, 6.45) is -0.271. The van der Waals surface area contributed by atoms with Crippen molar-refractivity contribution >= 4 is 34.4 Å². The zero-order valence-electron chi connectivity index (χ0n) is 14.7. The minimum absolute atomic E-state index is 0.232. The molecule has 0 bridgehead atoms. The predicted molar refractivity (Wildman–Crippen MR) is 100.0 cm³/mol. The van der Waals surface area contributed by atoms with E-state index in [0.717, 1.165) is 10.2 Å². The van der Waals surface area contributed by atoms with Crippen LogP contribution >= 0.6 is 11.6 Å². The molecule has 0 saturated carbocycles. The molecule has 26 heavy (non-hydrogen) atoms. The molecule has 5 nitrogen and oxygen atoms in total. The van der Waals surface area contributed by atoms with Gasteiger partial charge in [-0.25, -0.2) is 9.18 Å². The van der Waals surface area contributed by atoms with Crippen molar-refractivity contribution in [1.82, 2.24) is 9.78 Å². The highest BCUT2D eigenvalue weighted by atomic mass is 35.5. The summed E-state index contributed by atoms with van der Waals surface area (Å²) < 4.78 is 20.6. The first-order chi connectivity index (χ1) is 12.1. The Bertz CT molecular complexity index is 992. The Balaban J connectivity index is 1.99. The molecule has 0 aliphatic heterocycles. The van der Waals surface area contributed by atoms with Crippen LogP contribution in [0.2, 0.25) is 5.02 Å². The van der Waals surface area contributed by atoms with E-state index in [4.69, 9.17) is 22.1 Å². The molecule has 0 spiro atoms. The van der Waals surface area contributed by atoms with Crippen LogP contribution in [0.3, 0.4) is 0 Å². The summed E-state index contributed by atoms with van der Waals surface area (Å²) in [7, 11) is 0. The summed E-state index contributed by atoms with van der Waals surface area (Å²) in [4.78, 5) is 12.4. The lowest BCUT2D eigenvalue weighted by Gasteiger charge is -2.19.